The number of halogens is 3. The van der Waals surface area contributed by atoms with E-state index in [0.717, 1.165) is 23.3 Å². The first-order chi connectivity index (χ1) is 20.8. The number of ether oxygens (including phenoxy) is 1. The Balaban J connectivity index is 1.65. The fourth-order valence-corrected chi connectivity index (χ4v) is 4.33. The molecule has 0 spiro atoms. The quantitative estimate of drug-likeness (QED) is 0.206. The highest BCUT2D eigenvalue weighted by Crippen LogP contribution is 2.29. The van der Waals surface area contributed by atoms with Gasteiger partial charge in [-0.1, -0.05) is 61.5 Å². The number of carboxylic acid groups (broad SMARTS) is 1. The minimum atomic E-state index is -4.52. The maximum atomic E-state index is 13.3. The Bertz CT molecular complexity index is 1410. The molecule has 12 heteroatoms. The first-order valence-electron chi connectivity index (χ1n) is 13.9. The van der Waals surface area contributed by atoms with E-state index in [2.05, 4.69) is 10.6 Å². The van der Waals surface area contributed by atoms with Gasteiger partial charge in [0.1, 0.15) is 17.8 Å². The number of aliphatic carboxylic acids is 1. The third kappa shape index (κ3) is 10.8. The van der Waals surface area contributed by atoms with Crippen molar-refractivity contribution in [3.05, 3.63) is 101 Å². The Morgan fingerprint density at radius 3 is 1.98 bits per heavy atom. The van der Waals surface area contributed by atoms with E-state index in [9.17, 15) is 32.3 Å². The summed E-state index contributed by atoms with van der Waals surface area (Å²) in [6, 6.07) is 17.7. The molecule has 0 radical (unpaired) electrons. The van der Waals surface area contributed by atoms with Gasteiger partial charge in [-0.15, -0.1) is 0 Å². The van der Waals surface area contributed by atoms with Crippen LogP contribution in [0.15, 0.2) is 78.9 Å². The molecule has 3 aromatic rings. The molecule has 5 N–H and O–H groups in total. The van der Waals surface area contributed by atoms with E-state index >= 15 is 0 Å². The molecule has 0 bridgehead atoms. The summed E-state index contributed by atoms with van der Waals surface area (Å²) in [7, 11) is 0. The van der Waals surface area contributed by atoms with Crippen LogP contribution in [0, 0.1) is 5.92 Å². The van der Waals surface area contributed by atoms with E-state index in [1.165, 1.54) is 12.1 Å². The second-order valence-corrected chi connectivity index (χ2v) is 10.4. The van der Waals surface area contributed by atoms with Crippen molar-refractivity contribution in [2.24, 2.45) is 11.7 Å². The number of alkyl halides is 3. The summed E-state index contributed by atoms with van der Waals surface area (Å²) in [4.78, 5) is 49.3. The monoisotopic (exact) mass is 613 g/mol. The second-order valence-electron chi connectivity index (χ2n) is 10.4. The van der Waals surface area contributed by atoms with Gasteiger partial charge in [0.15, 0.2) is 6.61 Å². The molecule has 9 nitrogen and oxygen atoms in total. The largest absolute Gasteiger partial charge is 0.484 e. The number of hydrogen-bond donors (Lipinski definition) is 4. The summed E-state index contributed by atoms with van der Waals surface area (Å²) in [5, 5.41) is 14.2. The predicted molar refractivity (Wildman–Crippen MR) is 155 cm³/mol. The maximum absolute atomic E-state index is 13.3. The zero-order valence-corrected chi connectivity index (χ0v) is 24.0. The highest BCUT2D eigenvalue weighted by Gasteiger charge is 2.30. The molecule has 0 aliphatic heterocycles. The molecular formula is C32H34F3N3O6. The average molecular weight is 614 g/mol. The Morgan fingerprint density at radius 2 is 1.41 bits per heavy atom. The molecule has 3 rings (SSSR count). The highest BCUT2D eigenvalue weighted by atomic mass is 19.4. The number of nitrogens with two attached hydrogens (primary N) is 1. The molecule has 0 aliphatic rings. The van der Waals surface area contributed by atoms with Crippen molar-refractivity contribution in [3.8, 4) is 5.75 Å². The number of aryl methyl sites for hydroxylation is 1. The fourth-order valence-electron chi connectivity index (χ4n) is 4.33. The lowest BCUT2D eigenvalue weighted by atomic mass is 10.0. The fraction of sp³-hybridized carbons (Fsp3) is 0.312. The molecule has 234 valence electrons. The molecule has 0 aromatic heterocycles. The molecule has 0 saturated heterocycles. The SMILES string of the molecule is C[C@@H](Cc1ccc(OCC(=O)N[C@H](CCc2ccccc2)C(=O)N[C@@H](Cc2ccc(C(F)(F)F)cc2)C(N)=O)cc1)C(=O)O. The zero-order valence-electron chi connectivity index (χ0n) is 24.0. The third-order valence-electron chi connectivity index (χ3n) is 6.85. The van der Waals surface area contributed by atoms with E-state index in [-0.39, 0.29) is 12.8 Å². The minimum Gasteiger partial charge on any atom is -0.484 e. The van der Waals surface area contributed by atoms with Crippen molar-refractivity contribution in [2.45, 2.75) is 50.9 Å². The number of benzene rings is 3. The van der Waals surface area contributed by atoms with Crippen LogP contribution in [0.4, 0.5) is 13.2 Å². The number of rotatable bonds is 15. The van der Waals surface area contributed by atoms with Crippen LogP contribution in [-0.4, -0.2) is 47.5 Å². The number of carbonyl (C=O) groups is 4. The Morgan fingerprint density at radius 1 is 0.818 bits per heavy atom. The van der Waals surface area contributed by atoms with Gasteiger partial charge in [0.05, 0.1) is 11.5 Å². The molecule has 3 amide bonds. The highest BCUT2D eigenvalue weighted by molar-refractivity contribution is 5.92. The summed E-state index contributed by atoms with van der Waals surface area (Å²) in [5.41, 5.74) is 6.69. The van der Waals surface area contributed by atoms with E-state index in [0.29, 0.717) is 24.2 Å². The van der Waals surface area contributed by atoms with Gasteiger partial charge in [-0.05, 0) is 60.2 Å². The van der Waals surface area contributed by atoms with E-state index in [1.807, 2.05) is 30.3 Å². The smallest absolute Gasteiger partial charge is 0.416 e. The molecule has 0 unspecified atom stereocenters. The van der Waals surface area contributed by atoms with Crippen LogP contribution in [0.1, 0.15) is 35.6 Å². The van der Waals surface area contributed by atoms with Crippen LogP contribution in [0.25, 0.3) is 0 Å². The van der Waals surface area contributed by atoms with E-state index in [1.54, 1.807) is 31.2 Å². The first-order valence-corrected chi connectivity index (χ1v) is 13.9. The molecule has 0 saturated carbocycles. The van der Waals surface area contributed by atoms with Crippen LogP contribution >= 0.6 is 0 Å². The van der Waals surface area contributed by atoms with E-state index in [4.69, 9.17) is 15.6 Å². The lowest BCUT2D eigenvalue weighted by Crippen LogP contribution is -2.54. The van der Waals surface area contributed by atoms with Gasteiger partial charge >= 0.3 is 12.1 Å². The topological polar surface area (TPSA) is 148 Å². The maximum Gasteiger partial charge on any atom is 0.416 e. The summed E-state index contributed by atoms with van der Waals surface area (Å²) < 4.78 is 44.3. The summed E-state index contributed by atoms with van der Waals surface area (Å²) in [5.74, 6) is -3.30. The Hall–Kier alpha value is -4.87. The summed E-state index contributed by atoms with van der Waals surface area (Å²) in [6.07, 6.45) is -3.75. The van der Waals surface area contributed by atoms with Crippen LogP contribution < -0.4 is 21.1 Å². The number of nitrogens with one attached hydrogen (secondary N) is 2. The van der Waals surface area contributed by atoms with Gasteiger partial charge in [-0.2, -0.15) is 13.2 Å². The molecular weight excluding hydrogens is 579 g/mol. The zero-order chi connectivity index (χ0) is 32.3. The lowest BCUT2D eigenvalue weighted by Gasteiger charge is -2.22. The third-order valence-corrected chi connectivity index (χ3v) is 6.85. The van der Waals surface area contributed by atoms with Gasteiger partial charge < -0.3 is 26.2 Å². The van der Waals surface area contributed by atoms with E-state index < -0.39 is 60.0 Å². The summed E-state index contributed by atoms with van der Waals surface area (Å²) in [6.45, 7) is 1.17. The molecule has 0 heterocycles. The van der Waals surface area contributed by atoms with Crippen molar-refractivity contribution in [3.63, 3.8) is 0 Å². The standard InChI is InChI=1S/C32H34F3N3O6/c1-20(31(42)43)17-22-9-14-25(15-10-22)44-19-28(39)37-26(16-11-21-5-3-2-4-6-21)30(41)38-27(29(36)40)18-23-7-12-24(13-8-23)32(33,34)35/h2-10,12-15,20,26-27H,11,16-19H2,1H3,(H2,36,40)(H,37,39)(H,38,41)(H,42,43)/t20-,26+,27-/m0/s1. The molecule has 0 aliphatic carbocycles. The van der Waals surface area contributed by atoms with Crippen molar-refractivity contribution in [1.82, 2.24) is 10.6 Å². The molecule has 0 fully saturated rings. The lowest BCUT2D eigenvalue weighted by molar-refractivity contribution is -0.141. The molecule has 3 aromatic carbocycles. The van der Waals surface area contributed by atoms with Gasteiger partial charge in [-0.3, -0.25) is 19.2 Å². The summed E-state index contributed by atoms with van der Waals surface area (Å²) >= 11 is 0. The minimum absolute atomic E-state index is 0.150. The normalized spacial score (nSPS) is 13.3. The predicted octanol–water partition coefficient (Wildman–Crippen LogP) is 3.68. The van der Waals surface area contributed by atoms with Crippen LogP contribution in [0.5, 0.6) is 5.75 Å². The average Bonchev–Trinajstić information content (AvgIpc) is 2.98. The van der Waals surface area contributed by atoms with Crippen molar-refractivity contribution >= 4 is 23.7 Å². The van der Waals surface area contributed by atoms with Crippen molar-refractivity contribution < 1.29 is 42.2 Å². The second kappa shape index (κ2) is 15.6. The Labute approximate surface area is 252 Å². The van der Waals surface area contributed by atoms with Gasteiger partial charge in [0, 0.05) is 6.42 Å². The molecule has 3 atom stereocenters. The van der Waals surface area contributed by atoms with Gasteiger partial charge in [-0.25, -0.2) is 0 Å². The van der Waals surface area contributed by atoms with Crippen LogP contribution in [-0.2, 0) is 44.6 Å². The number of hydrogen-bond acceptors (Lipinski definition) is 5. The number of primary amides is 1. The van der Waals surface area contributed by atoms with Gasteiger partial charge in [0.2, 0.25) is 11.8 Å². The van der Waals surface area contributed by atoms with Crippen LogP contribution in [0.3, 0.4) is 0 Å². The first kappa shape index (κ1) is 33.6. The number of carboxylic acids is 1. The van der Waals surface area contributed by atoms with Gasteiger partial charge in [0.25, 0.3) is 5.91 Å². The molecule has 44 heavy (non-hydrogen) atoms. The number of amides is 3. The van der Waals surface area contributed by atoms with Crippen molar-refractivity contribution in [1.29, 1.82) is 0 Å². The van der Waals surface area contributed by atoms with Crippen LogP contribution in [0.2, 0.25) is 0 Å². The number of carbonyl (C=O) groups excluding carboxylic acids is 3. The Kier molecular flexibility index (Phi) is 11.9. The van der Waals surface area contributed by atoms with Crippen molar-refractivity contribution in [2.75, 3.05) is 6.61 Å².